The van der Waals surface area contributed by atoms with Crippen molar-refractivity contribution < 1.29 is 14.3 Å². The molecule has 1 amide bonds. The number of benzene rings is 1. The maximum Gasteiger partial charge on any atom is 0.408 e. The van der Waals surface area contributed by atoms with Gasteiger partial charge in [0.1, 0.15) is 5.60 Å². The first-order valence-corrected chi connectivity index (χ1v) is 6.26. The predicted octanol–water partition coefficient (Wildman–Crippen LogP) is 3.01. The minimum atomic E-state index is -0.578. The molecule has 0 aliphatic carbocycles. The summed E-state index contributed by atoms with van der Waals surface area (Å²) >= 11 is 0. The first kappa shape index (κ1) is 15.2. The molecule has 0 heterocycles. The number of rotatable bonds is 3. The molecule has 0 radical (unpaired) electrons. The van der Waals surface area contributed by atoms with Gasteiger partial charge in [-0.1, -0.05) is 17.7 Å². The summed E-state index contributed by atoms with van der Waals surface area (Å²) in [6.07, 6.45) is -0.578. The predicted molar refractivity (Wildman–Crippen MR) is 74.5 cm³/mol. The zero-order valence-electron chi connectivity index (χ0n) is 12.2. The molecule has 0 atom stereocenters. The molecule has 1 aromatic rings. The molecule has 104 valence electrons. The van der Waals surface area contributed by atoms with Crippen LogP contribution in [0.2, 0.25) is 0 Å². The van der Waals surface area contributed by atoms with Gasteiger partial charge in [-0.25, -0.2) is 4.79 Å². The molecular weight excluding hydrogens is 242 g/mol. The van der Waals surface area contributed by atoms with Gasteiger partial charge in [0.25, 0.3) is 0 Å². The Morgan fingerprint density at radius 2 is 1.84 bits per heavy atom. The fourth-order valence-electron chi connectivity index (χ4n) is 1.60. The Hall–Kier alpha value is -1.84. The van der Waals surface area contributed by atoms with E-state index in [-0.39, 0.29) is 12.3 Å². The van der Waals surface area contributed by atoms with E-state index in [1.807, 2.05) is 32.0 Å². The fraction of sp³-hybridized carbons (Fsp3) is 0.467. The summed E-state index contributed by atoms with van der Waals surface area (Å²) in [6.45, 7) is 9.08. The molecule has 19 heavy (non-hydrogen) atoms. The van der Waals surface area contributed by atoms with E-state index in [0.29, 0.717) is 5.56 Å². The zero-order chi connectivity index (χ0) is 14.6. The van der Waals surface area contributed by atoms with Crippen molar-refractivity contribution in [3.05, 3.63) is 34.9 Å². The molecule has 1 N–H and O–H groups in total. The van der Waals surface area contributed by atoms with E-state index in [1.165, 1.54) is 0 Å². The highest BCUT2D eigenvalue weighted by Gasteiger charge is 2.17. The lowest BCUT2D eigenvalue weighted by atomic mass is 10.0. The van der Waals surface area contributed by atoms with Crippen LogP contribution >= 0.6 is 0 Å². The van der Waals surface area contributed by atoms with Gasteiger partial charge in [0, 0.05) is 5.56 Å². The minimum Gasteiger partial charge on any atom is -0.444 e. The molecule has 0 unspecified atom stereocenters. The summed E-state index contributed by atoms with van der Waals surface area (Å²) in [6, 6.07) is 5.68. The van der Waals surface area contributed by atoms with Crippen molar-refractivity contribution in [2.45, 2.75) is 40.2 Å². The van der Waals surface area contributed by atoms with Crippen LogP contribution in [0, 0.1) is 13.8 Å². The average Bonchev–Trinajstić information content (AvgIpc) is 2.27. The fourth-order valence-corrected chi connectivity index (χ4v) is 1.60. The van der Waals surface area contributed by atoms with E-state index >= 15 is 0 Å². The third-order valence-electron chi connectivity index (χ3n) is 2.49. The second-order valence-electron chi connectivity index (χ2n) is 5.60. The minimum absolute atomic E-state index is 0.0563. The van der Waals surface area contributed by atoms with Crippen LogP contribution in [0.4, 0.5) is 4.79 Å². The number of ether oxygens (including phenoxy) is 1. The molecule has 1 aromatic carbocycles. The third-order valence-corrected chi connectivity index (χ3v) is 2.49. The van der Waals surface area contributed by atoms with Gasteiger partial charge in [-0.2, -0.15) is 0 Å². The van der Waals surface area contributed by atoms with Gasteiger partial charge < -0.3 is 10.1 Å². The first-order chi connectivity index (χ1) is 8.69. The summed E-state index contributed by atoms with van der Waals surface area (Å²) in [5, 5.41) is 2.47. The smallest absolute Gasteiger partial charge is 0.408 e. The Bertz CT molecular complexity index is 487. The van der Waals surface area contributed by atoms with Crippen LogP contribution in [0.5, 0.6) is 0 Å². The summed E-state index contributed by atoms with van der Waals surface area (Å²) < 4.78 is 5.08. The van der Waals surface area contributed by atoms with Crippen LogP contribution in [0.3, 0.4) is 0 Å². The first-order valence-electron chi connectivity index (χ1n) is 6.26. The maximum atomic E-state index is 12.0. The van der Waals surface area contributed by atoms with Gasteiger partial charge >= 0.3 is 6.09 Å². The Kier molecular flexibility index (Phi) is 4.70. The van der Waals surface area contributed by atoms with Crippen LogP contribution in [0.25, 0.3) is 0 Å². The largest absolute Gasteiger partial charge is 0.444 e. The van der Waals surface area contributed by atoms with E-state index < -0.39 is 11.7 Å². The number of hydrogen-bond donors (Lipinski definition) is 1. The molecule has 0 saturated carbocycles. The summed E-state index contributed by atoms with van der Waals surface area (Å²) in [7, 11) is 0. The summed E-state index contributed by atoms with van der Waals surface area (Å²) in [5.74, 6) is -0.118. The zero-order valence-corrected chi connectivity index (χ0v) is 12.2. The van der Waals surface area contributed by atoms with Crippen molar-refractivity contribution >= 4 is 11.9 Å². The number of hydrogen-bond acceptors (Lipinski definition) is 3. The average molecular weight is 263 g/mol. The molecule has 0 saturated heterocycles. The quantitative estimate of drug-likeness (QED) is 0.853. The molecule has 0 bridgehead atoms. The Labute approximate surface area is 114 Å². The lowest BCUT2D eigenvalue weighted by molar-refractivity contribution is 0.0520. The number of alkyl carbamates (subject to hydrolysis) is 1. The van der Waals surface area contributed by atoms with Crippen LogP contribution < -0.4 is 5.32 Å². The molecular formula is C15H21NO3. The molecule has 0 aliphatic heterocycles. The Balaban J connectivity index is 2.61. The van der Waals surface area contributed by atoms with E-state index in [1.54, 1.807) is 20.8 Å². The van der Waals surface area contributed by atoms with Crippen molar-refractivity contribution in [3.8, 4) is 0 Å². The molecule has 0 fully saturated rings. The van der Waals surface area contributed by atoms with Crippen molar-refractivity contribution in [2.75, 3.05) is 6.54 Å². The second kappa shape index (κ2) is 5.87. The van der Waals surface area contributed by atoms with Gasteiger partial charge in [0.2, 0.25) is 0 Å². The van der Waals surface area contributed by atoms with Crippen LogP contribution in [0.15, 0.2) is 18.2 Å². The Morgan fingerprint density at radius 1 is 1.21 bits per heavy atom. The molecule has 4 nitrogen and oxygen atoms in total. The second-order valence-corrected chi connectivity index (χ2v) is 5.60. The van der Waals surface area contributed by atoms with Gasteiger partial charge in [0.15, 0.2) is 5.78 Å². The van der Waals surface area contributed by atoms with E-state index in [9.17, 15) is 9.59 Å². The number of carbonyl (C=O) groups excluding carboxylic acids is 2. The number of ketones is 1. The standard InChI is InChI=1S/C15H21NO3/c1-10-6-7-11(2)12(8-10)13(17)9-16-14(18)19-15(3,4)5/h6-8H,9H2,1-5H3,(H,16,18). The van der Waals surface area contributed by atoms with Crippen molar-refractivity contribution in [1.29, 1.82) is 0 Å². The van der Waals surface area contributed by atoms with Crippen molar-refractivity contribution in [2.24, 2.45) is 0 Å². The lowest BCUT2D eigenvalue weighted by Gasteiger charge is -2.19. The van der Waals surface area contributed by atoms with E-state index in [2.05, 4.69) is 5.32 Å². The van der Waals surface area contributed by atoms with E-state index in [0.717, 1.165) is 11.1 Å². The van der Waals surface area contributed by atoms with Crippen molar-refractivity contribution in [1.82, 2.24) is 5.32 Å². The van der Waals surface area contributed by atoms with Gasteiger partial charge in [-0.15, -0.1) is 0 Å². The van der Waals surface area contributed by atoms with Crippen LogP contribution in [-0.2, 0) is 4.74 Å². The highest BCUT2D eigenvalue weighted by molar-refractivity contribution is 6.00. The molecule has 0 spiro atoms. The lowest BCUT2D eigenvalue weighted by Crippen LogP contribution is -2.35. The number of carbonyl (C=O) groups is 2. The number of amides is 1. The number of aryl methyl sites for hydroxylation is 2. The third kappa shape index (κ3) is 5.12. The summed E-state index contributed by atoms with van der Waals surface area (Å²) in [4.78, 5) is 23.5. The van der Waals surface area contributed by atoms with Crippen LogP contribution in [-0.4, -0.2) is 24.0 Å². The summed E-state index contributed by atoms with van der Waals surface area (Å²) in [5.41, 5.74) is 2.00. The molecule has 0 aromatic heterocycles. The maximum absolute atomic E-state index is 12.0. The van der Waals surface area contributed by atoms with E-state index in [4.69, 9.17) is 4.74 Å². The van der Waals surface area contributed by atoms with Gasteiger partial charge in [-0.3, -0.25) is 4.79 Å². The molecule has 1 rings (SSSR count). The monoisotopic (exact) mass is 263 g/mol. The van der Waals surface area contributed by atoms with Gasteiger partial charge in [-0.05, 0) is 46.2 Å². The SMILES string of the molecule is Cc1ccc(C)c(C(=O)CNC(=O)OC(C)(C)C)c1. The molecule has 0 aliphatic rings. The number of Topliss-reactive ketones (excluding diaryl/α,β-unsaturated/α-hetero) is 1. The highest BCUT2D eigenvalue weighted by atomic mass is 16.6. The van der Waals surface area contributed by atoms with Crippen LogP contribution in [0.1, 0.15) is 42.3 Å². The van der Waals surface area contributed by atoms with Gasteiger partial charge in [0.05, 0.1) is 6.54 Å². The van der Waals surface area contributed by atoms with Crippen molar-refractivity contribution in [3.63, 3.8) is 0 Å². The number of nitrogens with one attached hydrogen (secondary N) is 1. The normalized spacial score (nSPS) is 11.0. The Morgan fingerprint density at radius 3 is 2.42 bits per heavy atom. The molecule has 4 heteroatoms. The highest BCUT2D eigenvalue weighted by Crippen LogP contribution is 2.11. The topological polar surface area (TPSA) is 55.4 Å².